The molecule has 0 aromatic heterocycles. The van der Waals surface area contributed by atoms with E-state index < -0.39 is 22.5 Å². The fourth-order valence-electron chi connectivity index (χ4n) is 1.82. The van der Waals surface area contributed by atoms with E-state index in [1.807, 2.05) is 0 Å². The first kappa shape index (κ1) is 16.3. The number of anilines is 1. The maximum atomic E-state index is 13.0. The lowest BCUT2D eigenvalue weighted by Gasteiger charge is -2.08. The number of nitrogens with zero attached hydrogens (tertiary/aromatic N) is 1. The fourth-order valence-corrected chi connectivity index (χ4v) is 1.82. The van der Waals surface area contributed by atoms with Crippen molar-refractivity contribution < 1.29 is 18.5 Å². The molecule has 0 aliphatic heterocycles. The normalized spacial score (nSPS) is 10.2. The SMILES string of the molecule is O=C(NCCNc1ccc([N+](=O)[O-])cc1)c1ccc(F)c(F)c1. The number of halogens is 2. The molecule has 0 aliphatic rings. The molecular formula is C15H13F2N3O3. The molecule has 0 unspecified atom stereocenters. The third-order valence-electron chi connectivity index (χ3n) is 3.00. The number of amides is 1. The molecule has 1 amide bonds. The van der Waals surface area contributed by atoms with Crippen LogP contribution in [0.4, 0.5) is 20.2 Å². The van der Waals surface area contributed by atoms with Crippen molar-refractivity contribution in [3.8, 4) is 0 Å². The van der Waals surface area contributed by atoms with Gasteiger partial charge in [0.2, 0.25) is 0 Å². The molecule has 0 fully saturated rings. The first-order valence-corrected chi connectivity index (χ1v) is 6.69. The van der Waals surface area contributed by atoms with Gasteiger partial charge in [0.15, 0.2) is 11.6 Å². The monoisotopic (exact) mass is 321 g/mol. The highest BCUT2D eigenvalue weighted by Gasteiger charge is 2.09. The zero-order chi connectivity index (χ0) is 16.8. The van der Waals surface area contributed by atoms with Crippen molar-refractivity contribution in [1.29, 1.82) is 0 Å². The van der Waals surface area contributed by atoms with Gasteiger partial charge in [0.05, 0.1) is 4.92 Å². The standard InChI is InChI=1S/C15H13F2N3O3/c16-13-6-1-10(9-14(13)17)15(21)19-8-7-18-11-2-4-12(5-3-11)20(22)23/h1-6,9,18H,7-8H2,(H,19,21). The topological polar surface area (TPSA) is 84.3 Å². The largest absolute Gasteiger partial charge is 0.383 e. The van der Waals surface area contributed by atoms with Gasteiger partial charge in [0.25, 0.3) is 11.6 Å². The summed E-state index contributed by atoms with van der Waals surface area (Å²) in [6.45, 7) is 0.613. The van der Waals surface area contributed by atoms with E-state index in [1.165, 1.54) is 18.2 Å². The molecule has 0 atom stereocenters. The van der Waals surface area contributed by atoms with Crippen molar-refractivity contribution in [1.82, 2.24) is 5.32 Å². The molecule has 6 nitrogen and oxygen atoms in total. The summed E-state index contributed by atoms with van der Waals surface area (Å²) in [7, 11) is 0. The van der Waals surface area contributed by atoms with Gasteiger partial charge in [0, 0.05) is 36.5 Å². The van der Waals surface area contributed by atoms with Crippen LogP contribution in [-0.2, 0) is 0 Å². The lowest BCUT2D eigenvalue weighted by molar-refractivity contribution is -0.384. The van der Waals surface area contributed by atoms with Gasteiger partial charge < -0.3 is 10.6 Å². The van der Waals surface area contributed by atoms with Crippen LogP contribution in [0.15, 0.2) is 42.5 Å². The lowest BCUT2D eigenvalue weighted by Crippen LogP contribution is -2.28. The van der Waals surface area contributed by atoms with Crippen LogP contribution < -0.4 is 10.6 Å². The molecule has 0 saturated heterocycles. The molecule has 0 aliphatic carbocycles. The molecule has 0 saturated carbocycles. The van der Waals surface area contributed by atoms with Crippen molar-refractivity contribution >= 4 is 17.3 Å². The third-order valence-corrected chi connectivity index (χ3v) is 3.00. The Hall–Kier alpha value is -3.03. The van der Waals surface area contributed by atoms with Gasteiger partial charge in [-0.15, -0.1) is 0 Å². The maximum Gasteiger partial charge on any atom is 0.269 e. The van der Waals surface area contributed by atoms with Crippen molar-refractivity contribution in [2.45, 2.75) is 0 Å². The molecule has 0 radical (unpaired) electrons. The highest BCUT2D eigenvalue weighted by molar-refractivity contribution is 5.94. The molecule has 8 heteroatoms. The quantitative estimate of drug-likeness (QED) is 0.487. The molecule has 2 N–H and O–H groups in total. The molecule has 0 spiro atoms. The lowest BCUT2D eigenvalue weighted by atomic mass is 10.2. The zero-order valence-corrected chi connectivity index (χ0v) is 11.9. The van der Waals surface area contributed by atoms with Gasteiger partial charge in [-0.3, -0.25) is 14.9 Å². The van der Waals surface area contributed by atoms with Crippen LogP contribution in [0.1, 0.15) is 10.4 Å². The molecular weight excluding hydrogens is 308 g/mol. The molecule has 2 rings (SSSR count). The van der Waals surface area contributed by atoms with Crippen molar-refractivity contribution in [2.24, 2.45) is 0 Å². The molecule has 0 bridgehead atoms. The first-order chi connectivity index (χ1) is 11.0. The minimum absolute atomic E-state index is 0.0119. The van der Waals surface area contributed by atoms with E-state index in [0.717, 1.165) is 12.1 Å². The van der Waals surface area contributed by atoms with E-state index in [0.29, 0.717) is 12.2 Å². The summed E-state index contributed by atoms with van der Waals surface area (Å²) in [6.07, 6.45) is 0. The van der Waals surface area contributed by atoms with Gasteiger partial charge in [-0.1, -0.05) is 0 Å². The second kappa shape index (κ2) is 7.30. The maximum absolute atomic E-state index is 13.0. The average Bonchev–Trinajstić information content (AvgIpc) is 2.54. The first-order valence-electron chi connectivity index (χ1n) is 6.69. The van der Waals surface area contributed by atoms with Crippen LogP contribution >= 0.6 is 0 Å². The average molecular weight is 321 g/mol. The van der Waals surface area contributed by atoms with Crippen molar-refractivity contribution in [3.63, 3.8) is 0 Å². The molecule has 2 aromatic rings. The predicted molar refractivity (Wildman–Crippen MR) is 80.3 cm³/mol. The summed E-state index contributed by atoms with van der Waals surface area (Å²) >= 11 is 0. The van der Waals surface area contributed by atoms with Crippen LogP contribution in [0, 0.1) is 21.7 Å². The Morgan fingerprint density at radius 2 is 1.74 bits per heavy atom. The van der Waals surface area contributed by atoms with E-state index in [-0.39, 0.29) is 17.8 Å². The summed E-state index contributed by atoms with van der Waals surface area (Å²) in [5.74, 6) is -2.61. The van der Waals surface area contributed by atoms with Gasteiger partial charge in [0.1, 0.15) is 0 Å². The van der Waals surface area contributed by atoms with Gasteiger partial charge in [-0.2, -0.15) is 0 Å². The summed E-state index contributed by atoms with van der Waals surface area (Å²) < 4.78 is 25.8. The van der Waals surface area contributed by atoms with Gasteiger partial charge >= 0.3 is 0 Å². The Morgan fingerprint density at radius 3 is 2.35 bits per heavy atom. The number of rotatable bonds is 6. The number of hydrogen-bond acceptors (Lipinski definition) is 4. The summed E-state index contributed by atoms with van der Waals surface area (Å²) in [6, 6.07) is 8.74. The number of non-ortho nitro benzene ring substituents is 1. The molecule has 0 heterocycles. The van der Waals surface area contributed by atoms with E-state index in [2.05, 4.69) is 10.6 Å². The van der Waals surface area contributed by atoms with Gasteiger partial charge in [-0.05, 0) is 30.3 Å². The minimum atomic E-state index is -1.08. The zero-order valence-electron chi connectivity index (χ0n) is 11.9. The number of carbonyl (C=O) groups excluding carboxylic acids is 1. The summed E-state index contributed by atoms with van der Waals surface area (Å²) in [5, 5.41) is 16.0. The number of hydrogen-bond donors (Lipinski definition) is 2. The minimum Gasteiger partial charge on any atom is -0.383 e. The Bertz CT molecular complexity index is 720. The van der Waals surface area contributed by atoms with Crippen LogP contribution in [0.2, 0.25) is 0 Å². The van der Waals surface area contributed by atoms with E-state index in [9.17, 15) is 23.7 Å². The Morgan fingerprint density at radius 1 is 1.04 bits per heavy atom. The Balaban J connectivity index is 1.79. The number of nitro benzene ring substituents is 1. The number of nitro groups is 1. The molecule has 120 valence electrons. The van der Waals surface area contributed by atoms with Crippen molar-refractivity contribution in [3.05, 3.63) is 69.8 Å². The van der Waals surface area contributed by atoms with Crippen LogP contribution in [0.3, 0.4) is 0 Å². The number of nitrogens with one attached hydrogen (secondary N) is 2. The highest BCUT2D eigenvalue weighted by atomic mass is 19.2. The van der Waals surface area contributed by atoms with Crippen molar-refractivity contribution in [2.75, 3.05) is 18.4 Å². The van der Waals surface area contributed by atoms with Crippen LogP contribution in [-0.4, -0.2) is 23.9 Å². The second-order valence-electron chi connectivity index (χ2n) is 4.62. The fraction of sp³-hybridized carbons (Fsp3) is 0.133. The number of benzene rings is 2. The second-order valence-corrected chi connectivity index (χ2v) is 4.62. The van der Waals surface area contributed by atoms with E-state index in [1.54, 1.807) is 12.1 Å². The van der Waals surface area contributed by atoms with E-state index >= 15 is 0 Å². The van der Waals surface area contributed by atoms with E-state index in [4.69, 9.17) is 0 Å². The van der Waals surface area contributed by atoms with Crippen LogP contribution in [0.25, 0.3) is 0 Å². The summed E-state index contributed by atoms with van der Waals surface area (Å²) in [4.78, 5) is 21.8. The Labute approximate surface area is 130 Å². The predicted octanol–water partition coefficient (Wildman–Crippen LogP) is 2.71. The van der Waals surface area contributed by atoms with Crippen LogP contribution in [0.5, 0.6) is 0 Å². The smallest absolute Gasteiger partial charge is 0.269 e. The highest BCUT2D eigenvalue weighted by Crippen LogP contribution is 2.14. The third kappa shape index (κ3) is 4.47. The molecule has 2 aromatic carbocycles. The summed E-state index contributed by atoms with van der Waals surface area (Å²) in [5.41, 5.74) is 0.680. The Kier molecular flexibility index (Phi) is 5.19. The van der Waals surface area contributed by atoms with Gasteiger partial charge in [-0.25, -0.2) is 8.78 Å². The molecule has 23 heavy (non-hydrogen) atoms. The number of carbonyl (C=O) groups is 1.